The van der Waals surface area contributed by atoms with Gasteiger partial charge in [-0.3, -0.25) is 28.8 Å². The predicted molar refractivity (Wildman–Crippen MR) is 251 cm³/mol. The molecule has 66 heavy (non-hydrogen) atoms. The van der Waals surface area contributed by atoms with Crippen molar-refractivity contribution in [1.82, 2.24) is 31.9 Å². The van der Waals surface area contributed by atoms with E-state index in [1.165, 1.54) is 19.4 Å². The molecule has 7 rings (SSSR count). The van der Waals surface area contributed by atoms with Crippen LogP contribution < -0.4 is 37.6 Å². The number of rotatable bonds is 23. The van der Waals surface area contributed by atoms with Gasteiger partial charge in [0.15, 0.2) is 0 Å². The maximum Gasteiger partial charge on any atom is 0.481 e. The van der Waals surface area contributed by atoms with E-state index < -0.39 is 72.1 Å². The Bertz CT molecular complexity index is 2060. The van der Waals surface area contributed by atoms with Gasteiger partial charge in [-0.25, -0.2) is 0 Å². The number of nitrogens with one attached hydrogen (secondary N) is 6. The van der Waals surface area contributed by atoms with Gasteiger partial charge in [-0.15, -0.1) is 0 Å². The zero-order chi connectivity index (χ0) is 48.0. The third kappa shape index (κ3) is 11.6. The molecule has 1 heterocycles. The molecule has 1 saturated heterocycles. The lowest BCUT2D eigenvalue weighted by Crippen LogP contribution is -2.65. The van der Waals surface area contributed by atoms with Crippen LogP contribution >= 0.6 is 0 Å². The Labute approximate surface area is 389 Å². The van der Waals surface area contributed by atoms with Crippen LogP contribution in [0.5, 0.6) is 0 Å². The van der Waals surface area contributed by atoms with E-state index in [4.69, 9.17) is 15.0 Å². The summed E-state index contributed by atoms with van der Waals surface area (Å²) in [7, 11) is -0.628. The highest BCUT2D eigenvalue weighted by molar-refractivity contribution is 6.47. The van der Waals surface area contributed by atoms with Crippen LogP contribution in [-0.2, 0) is 39.7 Å². The van der Waals surface area contributed by atoms with Gasteiger partial charge in [0, 0.05) is 18.5 Å². The number of amides is 6. The van der Waals surface area contributed by atoms with Crippen molar-refractivity contribution in [2.24, 2.45) is 23.0 Å². The third-order valence-corrected chi connectivity index (χ3v) is 14.6. The van der Waals surface area contributed by atoms with E-state index in [1.54, 1.807) is 12.1 Å². The van der Waals surface area contributed by atoms with Crippen molar-refractivity contribution in [3.8, 4) is 11.1 Å². The molecule has 16 nitrogen and oxygen atoms in total. The summed E-state index contributed by atoms with van der Waals surface area (Å²) in [6.07, 6.45) is 5.87. The second-order valence-electron chi connectivity index (χ2n) is 19.9. The number of hydrogen-bond donors (Lipinski definition) is 8. The van der Waals surface area contributed by atoms with Crippen LogP contribution in [0.2, 0.25) is 0 Å². The Hall–Kier alpha value is -4.84. The van der Waals surface area contributed by atoms with Gasteiger partial charge < -0.3 is 52.0 Å². The monoisotopic (exact) mass is 914 g/mol. The molecular formula is C49H72BN7O9. The Kier molecular flexibility index (Phi) is 16.4. The average molecular weight is 914 g/mol. The molecule has 0 spiro atoms. The minimum atomic E-state index is -1.48. The average Bonchev–Trinajstić information content (AvgIpc) is 3.98. The minimum Gasteiger partial charge on any atom is -0.404 e. The fraction of sp³-hybridized carbons (Fsp3) is 0.633. The molecule has 360 valence electrons. The Morgan fingerprint density at radius 3 is 2.11 bits per heavy atom. The van der Waals surface area contributed by atoms with Gasteiger partial charge >= 0.3 is 7.12 Å². The molecule has 9 N–H and O–H groups in total. The first-order chi connectivity index (χ1) is 31.3. The van der Waals surface area contributed by atoms with Crippen molar-refractivity contribution < 1.29 is 43.2 Å². The Morgan fingerprint density at radius 1 is 0.833 bits per heavy atom. The van der Waals surface area contributed by atoms with E-state index in [9.17, 15) is 33.9 Å². The topological polar surface area (TPSA) is 239 Å². The van der Waals surface area contributed by atoms with Crippen molar-refractivity contribution in [3.05, 3.63) is 59.7 Å². The largest absolute Gasteiger partial charge is 0.481 e. The molecular weight excluding hydrogens is 841 g/mol. The molecule has 2 aromatic rings. The van der Waals surface area contributed by atoms with Gasteiger partial charge in [0.2, 0.25) is 29.5 Å². The molecule has 6 amide bonds. The summed E-state index contributed by atoms with van der Waals surface area (Å²) in [6, 6.07) is 11.9. The summed E-state index contributed by atoms with van der Waals surface area (Å²) < 4.78 is 12.9. The van der Waals surface area contributed by atoms with Gasteiger partial charge in [0.1, 0.15) is 23.7 Å². The number of hydrogen-bond acceptors (Lipinski definition) is 10. The number of benzene rings is 2. The predicted octanol–water partition coefficient (Wildman–Crippen LogP) is 3.22. The summed E-state index contributed by atoms with van der Waals surface area (Å²) in [5.41, 5.74) is 8.03. The molecule has 1 unspecified atom stereocenters. The standard InChI is InChI=1S/C49H72BN7O9/c1-8-9-12-32-14-16-33(17-15-32)34-18-20-35(21-19-34)43(61)52-26-22-40(59)55-37(13-10-11-25-51)44(62)56-41(30(3)58)45(63)53-29(2)42(60)57-49(23-24-49)46(64)54-31(4)50-65-39-28-36-27-38(47(36,5)6)48(39,7)66-50/h14-21,29-31,36-39,41,58H,8-13,22-28,51H2,1-7H3,(H,52,61)(H,53,63)(H,54,64)(H,55,59)(H,56,62)(H,57,60)/t29-,30+,31-,36-,37-,38-,39?,41-,48-/m0/s1. The Morgan fingerprint density at radius 2 is 1.50 bits per heavy atom. The molecule has 2 bridgehead atoms. The lowest BCUT2D eigenvalue weighted by Gasteiger charge is -2.64. The third-order valence-electron chi connectivity index (χ3n) is 14.6. The molecule has 0 radical (unpaired) electrons. The van der Waals surface area contributed by atoms with Crippen LogP contribution in [0.4, 0.5) is 0 Å². The lowest BCUT2D eigenvalue weighted by molar-refractivity contribution is -0.199. The van der Waals surface area contributed by atoms with Crippen molar-refractivity contribution in [1.29, 1.82) is 0 Å². The molecule has 4 saturated carbocycles. The van der Waals surface area contributed by atoms with Crippen LogP contribution in [-0.4, -0.2) is 108 Å². The highest BCUT2D eigenvalue weighted by Gasteiger charge is 2.68. The van der Waals surface area contributed by atoms with Gasteiger partial charge in [0.25, 0.3) is 5.91 Å². The summed E-state index contributed by atoms with van der Waals surface area (Å²) >= 11 is 0. The molecule has 17 heteroatoms. The fourth-order valence-corrected chi connectivity index (χ4v) is 9.91. The Balaban J connectivity index is 0.952. The van der Waals surface area contributed by atoms with Crippen molar-refractivity contribution in [3.63, 3.8) is 0 Å². The SMILES string of the molecule is CCCCc1ccc(-c2ccc(C(=O)NCCC(=O)N[C@@H](CCCCN)C(=O)N[C@H](C(=O)N[C@@H](C)C(=O)NC3(C(=O)N[C@@H](C)B4OC5C[C@@H]6C[C@@H](C6(C)C)[C@]5(C)O4)CC3)[C@@H](C)O)cc2)cc1. The maximum absolute atomic E-state index is 13.6. The molecule has 1 aliphatic heterocycles. The number of aryl methyl sites for hydroxylation is 1. The first kappa shape index (κ1) is 50.6. The summed E-state index contributed by atoms with van der Waals surface area (Å²) in [5, 5.41) is 26.9. The van der Waals surface area contributed by atoms with E-state index in [1.807, 2.05) is 19.1 Å². The second kappa shape index (κ2) is 21.4. The fourth-order valence-electron chi connectivity index (χ4n) is 9.91. The van der Waals surface area contributed by atoms with Crippen molar-refractivity contribution in [2.45, 2.75) is 167 Å². The van der Waals surface area contributed by atoms with Crippen LogP contribution in [0, 0.1) is 17.3 Å². The summed E-state index contributed by atoms with van der Waals surface area (Å²) in [6.45, 7) is 13.8. The van der Waals surface area contributed by atoms with Crippen molar-refractivity contribution >= 4 is 42.6 Å². The molecule has 5 aliphatic rings. The molecule has 9 atom stereocenters. The maximum atomic E-state index is 13.6. The van der Waals surface area contributed by atoms with Crippen LogP contribution in [0.15, 0.2) is 48.5 Å². The summed E-state index contributed by atoms with van der Waals surface area (Å²) in [4.78, 5) is 80.1. The number of nitrogens with two attached hydrogens (primary N) is 1. The van der Waals surface area contributed by atoms with Gasteiger partial charge in [-0.1, -0.05) is 63.6 Å². The second-order valence-corrected chi connectivity index (χ2v) is 19.9. The van der Waals surface area contributed by atoms with E-state index in [0.717, 1.165) is 43.2 Å². The highest BCUT2D eigenvalue weighted by Crippen LogP contribution is 2.65. The van der Waals surface area contributed by atoms with E-state index in [2.05, 4.69) is 83.9 Å². The number of carbonyl (C=O) groups excluding carboxylic acids is 6. The minimum absolute atomic E-state index is 0.00596. The smallest absolute Gasteiger partial charge is 0.404 e. The van der Waals surface area contributed by atoms with Crippen LogP contribution in [0.25, 0.3) is 11.1 Å². The summed E-state index contributed by atoms with van der Waals surface area (Å²) in [5.74, 6) is -2.92. The normalized spacial score (nSPS) is 24.2. The molecule has 5 fully saturated rings. The van der Waals surface area contributed by atoms with E-state index in [-0.39, 0.29) is 42.7 Å². The number of unbranched alkanes of at least 4 members (excludes halogenated alkanes) is 2. The number of carbonyl (C=O) groups is 6. The van der Waals surface area contributed by atoms with Crippen molar-refractivity contribution in [2.75, 3.05) is 13.1 Å². The van der Waals surface area contributed by atoms with Gasteiger partial charge in [-0.05, 0) is 138 Å². The molecule has 2 aromatic carbocycles. The lowest BCUT2D eigenvalue weighted by atomic mass is 9.43. The molecule has 4 aliphatic carbocycles. The first-order valence-corrected chi connectivity index (χ1v) is 24.0. The number of aliphatic hydroxyl groups is 1. The van der Waals surface area contributed by atoms with Crippen LogP contribution in [0.3, 0.4) is 0 Å². The number of aliphatic hydroxyl groups excluding tert-OH is 1. The first-order valence-electron chi connectivity index (χ1n) is 24.0. The quantitative estimate of drug-likeness (QED) is 0.0599. The zero-order valence-corrected chi connectivity index (χ0v) is 39.8. The zero-order valence-electron chi connectivity index (χ0n) is 39.8. The van der Waals surface area contributed by atoms with E-state index >= 15 is 0 Å². The highest BCUT2D eigenvalue weighted by atomic mass is 16.7. The van der Waals surface area contributed by atoms with Gasteiger partial charge in [0.05, 0.1) is 23.8 Å². The van der Waals surface area contributed by atoms with E-state index in [0.29, 0.717) is 49.6 Å². The molecule has 0 aromatic heterocycles. The van der Waals surface area contributed by atoms with Gasteiger partial charge in [-0.2, -0.15) is 0 Å². The van der Waals surface area contributed by atoms with Crippen LogP contribution in [0.1, 0.15) is 129 Å².